The number of dihydropyridines is 1. The Hall–Kier alpha value is -0.590. The van der Waals surface area contributed by atoms with Crippen LogP contribution in [0.15, 0.2) is 16.6 Å². The molecule has 1 aliphatic rings. The average Bonchev–Trinajstić information content (AvgIpc) is 1.90. The zero-order chi connectivity index (χ0) is 5.82. The van der Waals surface area contributed by atoms with Crippen molar-refractivity contribution in [3.8, 4) is 0 Å². The predicted molar refractivity (Wildman–Crippen MR) is 36.4 cm³/mol. The molecule has 0 aromatic heterocycles. The summed E-state index contributed by atoms with van der Waals surface area (Å²) >= 11 is 0. The lowest BCUT2D eigenvalue weighted by molar-refractivity contribution is 0.887. The minimum Gasteiger partial charge on any atom is -0.293 e. The molecule has 1 aliphatic heterocycles. The van der Waals surface area contributed by atoms with Crippen molar-refractivity contribution in [1.29, 1.82) is 0 Å². The van der Waals surface area contributed by atoms with Gasteiger partial charge in [0.05, 0.1) is 0 Å². The molecular formula is C7H11N. The highest BCUT2D eigenvalue weighted by Crippen LogP contribution is 2.07. The Morgan fingerprint density at radius 2 is 2.62 bits per heavy atom. The number of hydrogen-bond acceptors (Lipinski definition) is 1. The first-order valence-corrected chi connectivity index (χ1v) is 3.11. The van der Waals surface area contributed by atoms with Gasteiger partial charge in [0.25, 0.3) is 0 Å². The molecule has 0 N–H and O–H groups in total. The number of hydrogen-bond donors (Lipinski definition) is 0. The summed E-state index contributed by atoms with van der Waals surface area (Å²) in [5.41, 5.74) is 1.53. The van der Waals surface area contributed by atoms with Gasteiger partial charge in [-0.25, -0.2) is 0 Å². The van der Waals surface area contributed by atoms with Crippen molar-refractivity contribution in [3.63, 3.8) is 0 Å². The van der Waals surface area contributed by atoms with Crippen LogP contribution in [0.4, 0.5) is 0 Å². The summed E-state index contributed by atoms with van der Waals surface area (Å²) in [6.45, 7) is 3.19. The molecule has 0 saturated heterocycles. The maximum Gasteiger partial charge on any atom is 0.0426 e. The van der Waals surface area contributed by atoms with Gasteiger partial charge in [-0.1, -0.05) is 12.5 Å². The molecule has 0 spiro atoms. The van der Waals surface area contributed by atoms with E-state index in [1.807, 2.05) is 6.21 Å². The highest BCUT2D eigenvalue weighted by molar-refractivity contribution is 5.73. The quantitative estimate of drug-likeness (QED) is 0.487. The standard InChI is InChI=1S/C7H11N/c1-2-7-3-5-8-6-4-7/h3,5H,2,4,6H2,1H3. The first-order chi connectivity index (χ1) is 3.93. The fourth-order valence-electron chi connectivity index (χ4n) is 0.819. The van der Waals surface area contributed by atoms with Crippen molar-refractivity contribution < 1.29 is 0 Å². The summed E-state index contributed by atoms with van der Waals surface area (Å²) in [5, 5.41) is 0. The number of nitrogens with zero attached hydrogens (tertiary/aromatic N) is 1. The molecule has 0 atom stereocenters. The zero-order valence-electron chi connectivity index (χ0n) is 5.22. The Balaban J connectivity index is 2.50. The minimum absolute atomic E-state index is 1.000. The van der Waals surface area contributed by atoms with Crippen LogP contribution in [0.1, 0.15) is 19.8 Å². The van der Waals surface area contributed by atoms with Gasteiger partial charge in [-0.05, 0) is 18.9 Å². The van der Waals surface area contributed by atoms with Crippen molar-refractivity contribution in [2.45, 2.75) is 19.8 Å². The highest BCUT2D eigenvalue weighted by atomic mass is 14.7. The molecule has 0 radical (unpaired) electrons. The minimum atomic E-state index is 1.000. The molecule has 0 amide bonds. The molecule has 0 unspecified atom stereocenters. The maximum atomic E-state index is 4.07. The second-order valence-electron chi connectivity index (χ2n) is 1.98. The van der Waals surface area contributed by atoms with Gasteiger partial charge >= 0.3 is 0 Å². The van der Waals surface area contributed by atoms with Gasteiger partial charge in [-0.15, -0.1) is 0 Å². The summed E-state index contributed by atoms with van der Waals surface area (Å²) < 4.78 is 0. The normalized spacial score (nSPS) is 18.4. The summed E-state index contributed by atoms with van der Waals surface area (Å²) in [7, 11) is 0. The van der Waals surface area contributed by atoms with E-state index in [4.69, 9.17) is 0 Å². The largest absolute Gasteiger partial charge is 0.293 e. The molecule has 0 bridgehead atoms. The monoisotopic (exact) mass is 109 g/mol. The fourth-order valence-corrected chi connectivity index (χ4v) is 0.819. The summed E-state index contributed by atoms with van der Waals surface area (Å²) in [5.74, 6) is 0. The third-order valence-corrected chi connectivity index (χ3v) is 1.43. The van der Waals surface area contributed by atoms with Crippen LogP contribution in [-0.2, 0) is 0 Å². The lowest BCUT2D eigenvalue weighted by atomic mass is 10.1. The number of allylic oxidation sites excluding steroid dienone is 1. The molecule has 0 aromatic rings. The molecule has 0 aliphatic carbocycles. The van der Waals surface area contributed by atoms with E-state index in [1.165, 1.54) is 18.4 Å². The first kappa shape index (κ1) is 5.54. The van der Waals surface area contributed by atoms with E-state index in [2.05, 4.69) is 18.0 Å². The van der Waals surface area contributed by atoms with Crippen LogP contribution < -0.4 is 0 Å². The maximum absolute atomic E-state index is 4.07. The third kappa shape index (κ3) is 1.19. The summed E-state index contributed by atoms with van der Waals surface area (Å²) in [6, 6.07) is 0. The van der Waals surface area contributed by atoms with E-state index >= 15 is 0 Å². The second kappa shape index (κ2) is 2.65. The Labute approximate surface area is 50.1 Å². The van der Waals surface area contributed by atoms with Gasteiger partial charge in [-0.3, -0.25) is 4.99 Å². The molecule has 0 aromatic carbocycles. The van der Waals surface area contributed by atoms with Crippen molar-refractivity contribution in [1.82, 2.24) is 0 Å². The molecule has 1 rings (SSSR count). The molecular weight excluding hydrogens is 98.1 g/mol. The molecule has 0 fully saturated rings. The topological polar surface area (TPSA) is 12.4 Å². The molecule has 44 valence electrons. The van der Waals surface area contributed by atoms with E-state index in [0.29, 0.717) is 0 Å². The Morgan fingerprint density at radius 1 is 1.75 bits per heavy atom. The highest BCUT2D eigenvalue weighted by Gasteiger charge is 1.94. The summed E-state index contributed by atoms with van der Waals surface area (Å²) in [4.78, 5) is 4.07. The van der Waals surface area contributed by atoms with Crippen molar-refractivity contribution in [2.24, 2.45) is 4.99 Å². The van der Waals surface area contributed by atoms with Crippen LogP contribution in [0.25, 0.3) is 0 Å². The molecule has 1 heteroatoms. The van der Waals surface area contributed by atoms with Gasteiger partial charge in [0.15, 0.2) is 0 Å². The van der Waals surface area contributed by atoms with Crippen LogP contribution in [-0.4, -0.2) is 12.8 Å². The van der Waals surface area contributed by atoms with E-state index in [-0.39, 0.29) is 0 Å². The molecule has 0 saturated carbocycles. The van der Waals surface area contributed by atoms with Gasteiger partial charge in [-0.2, -0.15) is 0 Å². The van der Waals surface area contributed by atoms with E-state index in [9.17, 15) is 0 Å². The number of rotatable bonds is 1. The van der Waals surface area contributed by atoms with Gasteiger partial charge in [0, 0.05) is 12.8 Å². The summed E-state index contributed by atoms with van der Waals surface area (Å²) in [6.07, 6.45) is 6.38. The predicted octanol–water partition coefficient (Wildman–Crippen LogP) is 1.80. The van der Waals surface area contributed by atoms with Gasteiger partial charge < -0.3 is 0 Å². The van der Waals surface area contributed by atoms with Crippen LogP contribution >= 0.6 is 0 Å². The average molecular weight is 109 g/mol. The lowest BCUT2D eigenvalue weighted by Crippen LogP contribution is -1.92. The van der Waals surface area contributed by atoms with Gasteiger partial charge in [0.1, 0.15) is 0 Å². The Morgan fingerprint density at radius 3 is 3.00 bits per heavy atom. The van der Waals surface area contributed by atoms with Crippen LogP contribution in [0.3, 0.4) is 0 Å². The van der Waals surface area contributed by atoms with E-state index in [1.54, 1.807) is 0 Å². The Kier molecular flexibility index (Phi) is 1.84. The third-order valence-electron chi connectivity index (χ3n) is 1.43. The van der Waals surface area contributed by atoms with Crippen molar-refractivity contribution in [3.05, 3.63) is 11.6 Å². The first-order valence-electron chi connectivity index (χ1n) is 3.11. The van der Waals surface area contributed by atoms with E-state index < -0.39 is 0 Å². The molecule has 8 heavy (non-hydrogen) atoms. The van der Waals surface area contributed by atoms with Crippen LogP contribution in [0.2, 0.25) is 0 Å². The van der Waals surface area contributed by atoms with Gasteiger partial charge in [0.2, 0.25) is 0 Å². The van der Waals surface area contributed by atoms with Crippen molar-refractivity contribution in [2.75, 3.05) is 6.54 Å². The lowest BCUT2D eigenvalue weighted by Gasteiger charge is -2.03. The number of aliphatic imine (C=N–C) groups is 1. The van der Waals surface area contributed by atoms with Crippen LogP contribution in [0.5, 0.6) is 0 Å². The molecule has 1 heterocycles. The molecule has 1 nitrogen and oxygen atoms in total. The van der Waals surface area contributed by atoms with E-state index in [0.717, 1.165) is 6.54 Å². The zero-order valence-corrected chi connectivity index (χ0v) is 5.22. The van der Waals surface area contributed by atoms with Crippen molar-refractivity contribution >= 4 is 6.21 Å². The SMILES string of the molecule is CCC1=CC=NCC1. The Bertz CT molecular complexity index is 122. The smallest absolute Gasteiger partial charge is 0.0426 e. The second-order valence-corrected chi connectivity index (χ2v) is 1.98. The fraction of sp³-hybridized carbons (Fsp3) is 0.571. The van der Waals surface area contributed by atoms with Crippen LogP contribution in [0, 0.1) is 0 Å².